The molecular formula is C27H25N5O2S. The highest BCUT2D eigenvalue weighted by atomic mass is 32.2. The van der Waals surface area contributed by atoms with Crippen molar-refractivity contribution in [3.63, 3.8) is 0 Å². The number of carbonyl (C=O) groups is 2. The van der Waals surface area contributed by atoms with Crippen LogP contribution in [0.5, 0.6) is 0 Å². The summed E-state index contributed by atoms with van der Waals surface area (Å²) in [4.78, 5) is 24.0. The van der Waals surface area contributed by atoms with Gasteiger partial charge in [0, 0.05) is 35.5 Å². The molecule has 0 atom stereocenters. The molecule has 0 spiro atoms. The minimum Gasteiger partial charge on any atom is -0.326 e. The van der Waals surface area contributed by atoms with Gasteiger partial charge in [-0.25, -0.2) is 0 Å². The fourth-order valence-electron chi connectivity index (χ4n) is 3.77. The number of nitrogens with zero attached hydrogens (tertiary/aromatic N) is 3. The second-order valence-corrected chi connectivity index (χ2v) is 9.43. The predicted octanol–water partition coefficient (Wildman–Crippen LogP) is 5.65. The standard InChI is InChI=1S/C27H25N5O2S/c1-18(33)28-23-8-5-9-24(16-23)32-25(20-14-15-20)30-31-27(32)35-17-19-10-12-21(13-11-19)26(34)29-22-6-3-2-4-7-22/h2-13,16,20H,14-15,17H2,1H3,(H,28,33)(H,29,34). The quantitative estimate of drug-likeness (QED) is 0.316. The molecule has 8 heteroatoms. The van der Waals surface area contributed by atoms with E-state index in [1.54, 1.807) is 11.8 Å². The van der Waals surface area contributed by atoms with Crippen molar-refractivity contribution >= 4 is 35.0 Å². The number of hydrogen-bond acceptors (Lipinski definition) is 5. The summed E-state index contributed by atoms with van der Waals surface area (Å²) < 4.78 is 2.09. The molecule has 4 aromatic rings. The molecule has 1 aliphatic carbocycles. The number of benzene rings is 3. The Kier molecular flexibility index (Phi) is 6.63. The molecule has 0 radical (unpaired) electrons. The Morgan fingerprint density at radius 3 is 2.37 bits per heavy atom. The summed E-state index contributed by atoms with van der Waals surface area (Å²) >= 11 is 1.60. The maximum absolute atomic E-state index is 12.5. The van der Waals surface area contributed by atoms with Crippen LogP contribution in [0.15, 0.2) is 84.0 Å². The molecule has 0 aliphatic heterocycles. The van der Waals surface area contributed by atoms with Gasteiger partial charge < -0.3 is 10.6 Å². The molecule has 176 valence electrons. The first-order valence-electron chi connectivity index (χ1n) is 11.5. The minimum absolute atomic E-state index is 0.108. The minimum atomic E-state index is -0.136. The fourth-order valence-corrected chi connectivity index (χ4v) is 4.69. The van der Waals surface area contributed by atoms with E-state index >= 15 is 0 Å². The number of aromatic nitrogens is 3. The predicted molar refractivity (Wildman–Crippen MR) is 138 cm³/mol. The normalized spacial score (nSPS) is 12.8. The van der Waals surface area contributed by atoms with E-state index in [9.17, 15) is 9.59 Å². The molecule has 1 aliphatic rings. The molecule has 1 heterocycles. The highest BCUT2D eigenvalue weighted by molar-refractivity contribution is 7.98. The van der Waals surface area contributed by atoms with Crippen LogP contribution in [0.1, 0.15) is 47.4 Å². The Labute approximate surface area is 208 Å². The van der Waals surface area contributed by atoms with E-state index in [2.05, 4.69) is 25.4 Å². The SMILES string of the molecule is CC(=O)Nc1cccc(-n2c(SCc3ccc(C(=O)Nc4ccccc4)cc3)nnc2C2CC2)c1. The van der Waals surface area contributed by atoms with Gasteiger partial charge in [-0.2, -0.15) is 0 Å². The number of thioether (sulfide) groups is 1. The van der Waals surface area contributed by atoms with E-state index in [4.69, 9.17) is 0 Å². The van der Waals surface area contributed by atoms with E-state index in [1.165, 1.54) is 6.92 Å². The molecule has 0 saturated heterocycles. The van der Waals surface area contributed by atoms with Crippen LogP contribution < -0.4 is 10.6 Å². The summed E-state index contributed by atoms with van der Waals surface area (Å²) in [5.41, 5.74) is 4.13. The molecule has 2 N–H and O–H groups in total. The Morgan fingerprint density at radius 2 is 1.66 bits per heavy atom. The van der Waals surface area contributed by atoms with Crippen molar-refractivity contribution in [2.24, 2.45) is 0 Å². The number of amides is 2. The first-order chi connectivity index (χ1) is 17.1. The van der Waals surface area contributed by atoms with Gasteiger partial charge in [0.25, 0.3) is 5.91 Å². The zero-order valence-electron chi connectivity index (χ0n) is 19.3. The lowest BCUT2D eigenvalue weighted by Crippen LogP contribution is -2.11. The van der Waals surface area contributed by atoms with E-state index < -0.39 is 0 Å². The van der Waals surface area contributed by atoms with Crippen LogP contribution in [-0.2, 0) is 10.5 Å². The summed E-state index contributed by atoms with van der Waals surface area (Å²) in [5.74, 6) is 1.82. The van der Waals surface area contributed by atoms with Crippen LogP contribution in [0.25, 0.3) is 5.69 Å². The lowest BCUT2D eigenvalue weighted by molar-refractivity contribution is -0.114. The Balaban J connectivity index is 1.30. The summed E-state index contributed by atoms with van der Waals surface area (Å²) in [7, 11) is 0. The van der Waals surface area contributed by atoms with Gasteiger partial charge in [0.2, 0.25) is 5.91 Å². The van der Waals surface area contributed by atoms with Gasteiger partial charge in [0.1, 0.15) is 5.82 Å². The first-order valence-corrected chi connectivity index (χ1v) is 12.5. The molecule has 1 aromatic heterocycles. The molecule has 7 nitrogen and oxygen atoms in total. The summed E-state index contributed by atoms with van der Waals surface area (Å²) in [5, 5.41) is 15.5. The molecule has 2 amide bonds. The number of anilines is 2. The lowest BCUT2D eigenvalue weighted by Gasteiger charge is -2.12. The lowest BCUT2D eigenvalue weighted by atomic mass is 10.1. The average Bonchev–Trinajstić information content (AvgIpc) is 3.62. The number of nitrogens with one attached hydrogen (secondary N) is 2. The number of hydrogen-bond donors (Lipinski definition) is 2. The smallest absolute Gasteiger partial charge is 0.255 e. The number of para-hydroxylation sites is 1. The van der Waals surface area contributed by atoms with Gasteiger partial charge in [-0.3, -0.25) is 14.2 Å². The van der Waals surface area contributed by atoms with Crippen molar-refractivity contribution in [3.8, 4) is 5.69 Å². The van der Waals surface area contributed by atoms with Gasteiger partial charge in [0.15, 0.2) is 5.16 Å². The molecule has 1 fully saturated rings. The zero-order chi connectivity index (χ0) is 24.2. The third-order valence-corrected chi connectivity index (χ3v) is 6.64. The van der Waals surface area contributed by atoms with Gasteiger partial charge in [-0.05, 0) is 60.9 Å². The Hall–Kier alpha value is -3.91. The first kappa shape index (κ1) is 22.9. The van der Waals surface area contributed by atoms with Crippen molar-refractivity contribution in [2.75, 3.05) is 10.6 Å². The highest BCUT2D eigenvalue weighted by Gasteiger charge is 2.31. The maximum Gasteiger partial charge on any atom is 0.255 e. The van der Waals surface area contributed by atoms with Crippen molar-refractivity contribution in [1.82, 2.24) is 14.8 Å². The van der Waals surface area contributed by atoms with Crippen molar-refractivity contribution in [2.45, 2.75) is 36.6 Å². The fraction of sp³-hybridized carbons (Fsp3) is 0.185. The third kappa shape index (κ3) is 5.60. The van der Waals surface area contributed by atoms with Crippen LogP contribution in [-0.4, -0.2) is 26.6 Å². The van der Waals surface area contributed by atoms with Gasteiger partial charge in [-0.15, -0.1) is 10.2 Å². The number of carbonyl (C=O) groups excluding carboxylic acids is 2. The van der Waals surface area contributed by atoms with Gasteiger partial charge >= 0.3 is 0 Å². The molecule has 35 heavy (non-hydrogen) atoms. The van der Waals surface area contributed by atoms with E-state index in [-0.39, 0.29) is 11.8 Å². The second kappa shape index (κ2) is 10.1. The molecule has 0 unspecified atom stereocenters. The highest BCUT2D eigenvalue weighted by Crippen LogP contribution is 2.41. The Bertz CT molecular complexity index is 1350. The van der Waals surface area contributed by atoms with Crippen molar-refractivity contribution < 1.29 is 9.59 Å². The van der Waals surface area contributed by atoms with E-state index in [0.29, 0.717) is 17.2 Å². The largest absolute Gasteiger partial charge is 0.326 e. The molecular weight excluding hydrogens is 458 g/mol. The average molecular weight is 484 g/mol. The zero-order valence-corrected chi connectivity index (χ0v) is 20.1. The molecule has 1 saturated carbocycles. The van der Waals surface area contributed by atoms with Crippen molar-refractivity contribution in [3.05, 3.63) is 95.8 Å². The van der Waals surface area contributed by atoms with Crippen LogP contribution in [0.3, 0.4) is 0 Å². The van der Waals surface area contributed by atoms with E-state index in [1.807, 2.05) is 78.9 Å². The van der Waals surface area contributed by atoms with Gasteiger partial charge in [0.05, 0.1) is 5.69 Å². The topological polar surface area (TPSA) is 88.9 Å². The number of rotatable bonds is 8. The summed E-state index contributed by atoms with van der Waals surface area (Å²) in [6, 6.07) is 24.8. The summed E-state index contributed by atoms with van der Waals surface area (Å²) in [6.07, 6.45) is 2.22. The van der Waals surface area contributed by atoms with Crippen LogP contribution >= 0.6 is 11.8 Å². The molecule has 5 rings (SSSR count). The maximum atomic E-state index is 12.5. The second-order valence-electron chi connectivity index (χ2n) is 8.49. The van der Waals surface area contributed by atoms with Crippen LogP contribution in [0, 0.1) is 0 Å². The van der Waals surface area contributed by atoms with Gasteiger partial charge in [-0.1, -0.05) is 48.2 Å². The monoisotopic (exact) mass is 483 g/mol. The third-order valence-electron chi connectivity index (χ3n) is 5.64. The van der Waals surface area contributed by atoms with Crippen LogP contribution in [0.4, 0.5) is 11.4 Å². The van der Waals surface area contributed by atoms with Crippen molar-refractivity contribution in [1.29, 1.82) is 0 Å². The molecule has 3 aromatic carbocycles. The summed E-state index contributed by atoms with van der Waals surface area (Å²) in [6.45, 7) is 1.50. The molecule has 0 bridgehead atoms. The van der Waals surface area contributed by atoms with E-state index in [0.717, 1.165) is 46.4 Å². The van der Waals surface area contributed by atoms with Crippen LogP contribution in [0.2, 0.25) is 0 Å². The Morgan fingerprint density at radius 1 is 0.914 bits per heavy atom.